The fraction of sp³-hybridized carbons (Fsp3) is 0.0179. The van der Waals surface area contributed by atoms with Crippen molar-refractivity contribution < 1.29 is 4.42 Å². The van der Waals surface area contributed by atoms with Gasteiger partial charge >= 0.3 is 0 Å². The van der Waals surface area contributed by atoms with Gasteiger partial charge in [-0.15, -0.1) is 0 Å². The van der Waals surface area contributed by atoms with Crippen molar-refractivity contribution in [3.63, 3.8) is 0 Å². The minimum atomic E-state index is 0.570. The van der Waals surface area contributed by atoms with E-state index in [0.29, 0.717) is 17.5 Å². The summed E-state index contributed by atoms with van der Waals surface area (Å²) in [5.74, 6) is 1.78. The normalized spacial score (nSPS) is 11.8. The van der Waals surface area contributed by atoms with E-state index in [0.717, 1.165) is 66.9 Å². The summed E-state index contributed by atoms with van der Waals surface area (Å²) < 4.78 is 6.27. The Morgan fingerprint density at radius 1 is 0.367 bits per heavy atom. The Labute approximate surface area is 347 Å². The summed E-state index contributed by atoms with van der Waals surface area (Å²) in [6, 6.07) is 72.2. The summed E-state index contributed by atoms with van der Waals surface area (Å²) in [6.45, 7) is 0. The second-order valence-electron chi connectivity index (χ2n) is 15.3. The Hall–Kier alpha value is -8.13. The van der Waals surface area contributed by atoms with Crippen LogP contribution in [0.1, 0.15) is 11.1 Å². The van der Waals surface area contributed by atoms with E-state index in [-0.39, 0.29) is 0 Å². The molecule has 0 radical (unpaired) electrons. The van der Waals surface area contributed by atoms with E-state index < -0.39 is 0 Å². The van der Waals surface area contributed by atoms with Gasteiger partial charge in [0, 0.05) is 22.1 Å². The van der Waals surface area contributed by atoms with Crippen LogP contribution >= 0.6 is 0 Å². The monoisotopic (exact) mass is 763 g/mol. The van der Waals surface area contributed by atoms with Gasteiger partial charge in [-0.25, -0.2) is 15.0 Å². The number of nitrogens with zero attached hydrogens (tertiary/aromatic N) is 3. The average molecular weight is 764 g/mol. The topological polar surface area (TPSA) is 51.8 Å². The minimum Gasteiger partial charge on any atom is -0.455 e. The lowest BCUT2D eigenvalue weighted by Gasteiger charge is -2.15. The second-order valence-corrected chi connectivity index (χ2v) is 15.3. The van der Waals surface area contributed by atoms with Crippen LogP contribution in [0.3, 0.4) is 0 Å². The molecule has 9 aromatic carbocycles. The smallest absolute Gasteiger partial charge is 0.164 e. The molecule has 2 aromatic heterocycles. The molecule has 1 aliphatic carbocycles. The van der Waals surface area contributed by atoms with Crippen molar-refractivity contribution in [1.29, 1.82) is 0 Å². The van der Waals surface area contributed by atoms with Gasteiger partial charge in [0.2, 0.25) is 0 Å². The van der Waals surface area contributed by atoms with Crippen LogP contribution in [0.4, 0.5) is 0 Å². The van der Waals surface area contributed by atoms with Crippen LogP contribution in [0.2, 0.25) is 0 Å². The number of aromatic nitrogens is 3. The van der Waals surface area contributed by atoms with E-state index in [2.05, 4.69) is 176 Å². The van der Waals surface area contributed by atoms with Gasteiger partial charge in [0.25, 0.3) is 0 Å². The molecular weight excluding hydrogens is 731 g/mol. The SMILES string of the molecule is c1ccc2oc3cc(-c4nc(-c5ccc(-c6ccccc6)cc5)nc(-c5ccc(-c6cccc7c6Cc6c(-c8ccccc8)cccc6-7)c6ccccc56)n4)ccc3c2c#1. The first kappa shape index (κ1) is 34.0. The predicted molar refractivity (Wildman–Crippen MR) is 243 cm³/mol. The van der Waals surface area contributed by atoms with Crippen molar-refractivity contribution in [3.05, 3.63) is 211 Å². The number of fused-ring (bicyclic) bond motifs is 7. The number of rotatable bonds is 6. The molecule has 1 aliphatic rings. The largest absolute Gasteiger partial charge is 0.455 e. The molecule has 0 amide bonds. The zero-order chi connectivity index (χ0) is 39.6. The van der Waals surface area contributed by atoms with E-state index >= 15 is 0 Å². The van der Waals surface area contributed by atoms with Crippen molar-refractivity contribution in [2.45, 2.75) is 6.42 Å². The molecule has 0 N–H and O–H groups in total. The van der Waals surface area contributed by atoms with Crippen molar-refractivity contribution >= 4 is 32.7 Å². The average Bonchev–Trinajstić information content (AvgIpc) is 3.90. The lowest BCUT2D eigenvalue weighted by Crippen LogP contribution is -2.01. The molecule has 0 atom stereocenters. The van der Waals surface area contributed by atoms with E-state index in [1.54, 1.807) is 0 Å². The van der Waals surface area contributed by atoms with E-state index in [1.807, 2.05) is 24.3 Å². The number of benzene rings is 8. The van der Waals surface area contributed by atoms with E-state index in [1.165, 1.54) is 44.5 Å². The Balaban J connectivity index is 1.00. The molecule has 278 valence electrons. The van der Waals surface area contributed by atoms with E-state index in [9.17, 15) is 0 Å². The maximum absolute atomic E-state index is 6.27. The number of furan rings is 1. The highest BCUT2D eigenvalue weighted by Crippen LogP contribution is 2.47. The summed E-state index contributed by atoms with van der Waals surface area (Å²) in [5, 5.41) is 4.11. The Morgan fingerprint density at radius 2 is 0.917 bits per heavy atom. The number of hydrogen-bond acceptors (Lipinski definition) is 4. The van der Waals surface area contributed by atoms with Crippen LogP contribution in [-0.4, -0.2) is 15.0 Å². The molecule has 11 aromatic rings. The summed E-state index contributed by atoms with van der Waals surface area (Å²) in [5.41, 5.74) is 16.8. The predicted octanol–water partition coefficient (Wildman–Crippen LogP) is 14.1. The van der Waals surface area contributed by atoms with Gasteiger partial charge in [-0.3, -0.25) is 0 Å². The van der Waals surface area contributed by atoms with Crippen LogP contribution < -0.4 is 0 Å². The molecule has 4 nitrogen and oxygen atoms in total. The number of hydrogen-bond donors (Lipinski definition) is 0. The minimum absolute atomic E-state index is 0.570. The molecule has 0 spiro atoms. The third kappa shape index (κ3) is 5.60. The van der Waals surface area contributed by atoms with Gasteiger partial charge in [0.15, 0.2) is 17.5 Å². The van der Waals surface area contributed by atoms with Crippen LogP contribution in [0, 0.1) is 12.1 Å². The molecule has 0 saturated carbocycles. The lowest BCUT2D eigenvalue weighted by molar-refractivity contribution is 0.669. The molecule has 0 fully saturated rings. The maximum atomic E-state index is 6.27. The Morgan fingerprint density at radius 3 is 1.67 bits per heavy atom. The van der Waals surface area contributed by atoms with E-state index in [4.69, 9.17) is 19.4 Å². The molecule has 0 unspecified atom stereocenters. The highest BCUT2D eigenvalue weighted by molar-refractivity contribution is 6.07. The molecule has 0 aliphatic heterocycles. The molecule has 4 heteroatoms. The van der Waals surface area contributed by atoms with Crippen molar-refractivity contribution in [3.8, 4) is 78.7 Å². The fourth-order valence-corrected chi connectivity index (χ4v) is 9.03. The Kier molecular flexibility index (Phi) is 7.79. The summed E-state index contributed by atoms with van der Waals surface area (Å²) in [4.78, 5) is 15.6. The van der Waals surface area contributed by atoms with Gasteiger partial charge < -0.3 is 4.42 Å². The third-order valence-corrected chi connectivity index (χ3v) is 11.9. The summed E-state index contributed by atoms with van der Waals surface area (Å²) in [6.07, 6.45) is 0.872. The van der Waals surface area contributed by atoms with Gasteiger partial charge in [-0.1, -0.05) is 170 Å². The van der Waals surface area contributed by atoms with Gasteiger partial charge in [-0.2, -0.15) is 0 Å². The molecule has 0 bridgehead atoms. The van der Waals surface area contributed by atoms with Gasteiger partial charge in [0.1, 0.15) is 11.2 Å². The summed E-state index contributed by atoms with van der Waals surface area (Å²) >= 11 is 0. The first-order valence-corrected chi connectivity index (χ1v) is 20.2. The van der Waals surface area contributed by atoms with Gasteiger partial charge in [0.05, 0.1) is 5.39 Å². The molecule has 60 heavy (non-hydrogen) atoms. The maximum Gasteiger partial charge on any atom is 0.164 e. The van der Waals surface area contributed by atoms with Gasteiger partial charge in [-0.05, 0) is 103 Å². The highest BCUT2D eigenvalue weighted by atomic mass is 16.3. The first-order chi connectivity index (χ1) is 29.7. The third-order valence-electron chi connectivity index (χ3n) is 11.9. The second kappa shape index (κ2) is 13.8. The first-order valence-electron chi connectivity index (χ1n) is 20.2. The molecule has 12 rings (SSSR count). The van der Waals surface area contributed by atoms with Crippen LogP contribution in [0.15, 0.2) is 192 Å². The van der Waals surface area contributed by atoms with Crippen LogP contribution in [0.5, 0.6) is 0 Å². The zero-order valence-electron chi connectivity index (χ0n) is 32.4. The van der Waals surface area contributed by atoms with Crippen molar-refractivity contribution in [2.24, 2.45) is 0 Å². The highest BCUT2D eigenvalue weighted by Gasteiger charge is 2.25. The molecule has 0 saturated heterocycles. The van der Waals surface area contributed by atoms with Crippen LogP contribution in [-0.2, 0) is 6.42 Å². The Bertz CT molecular complexity index is 3440. The lowest BCUT2D eigenvalue weighted by atomic mass is 9.90. The zero-order valence-corrected chi connectivity index (χ0v) is 32.4. The van der Waals surface area contributed by atoms with Crippen molar-refractivity contribution in [1.82, 2.24) is 15.0 Å². The standard InChI is InChI=1S/C56H33N3O/c1-3-13-35(14-4-1)36-25-27-38(28-26-36)54-57-55(39-29-30-48-47-19-9-10-24-52(47)60-53(48)33-39)59-56(58-54)49-32-31-46(41-17-7-8-18-42(41)49)45-23-12-22-44-43-21-11-20-40(50(43)34-51(44)45)37-15-5-2-6-16-37/h1-8,10-18,20-33H,34H2. The quantitative estimate of drug-likeness (QED) is 0.169. The fourth-order valence-electron chi connectivity index (χ4n) is 9.03. The van der Waals surface area contributed by atoms with Crippen molar-refractivity contribution in [2.75, 3.05) is 0 Å². The molecular formula is C56H33N3O. The summed E-state index contributed by atoms with van der Waals surface area (Å²) in [7, 11) is 0. The molecule has 2 heterocycles. The van der Waals surface area contributed by atoms with Crippen LogP contribution in [0.25, 0.3) is 111 Å².